The Hall–Kier alpha value is -1.75. The van der Waals surface area contributed by atoms with Gasteiger partial charge in [0.15, 0.2) is 11.5 Å². The molecule has 1 aliphatic rings. The van der Waals surface area contributed by atoms with E-state index in [4.69, 9.17) is 14.6 Å². The average molecular weight is 252 g/mol. The van der Waals surface area contributed by atoms with Crippen molar-refractivity contribution in [2.24, 2.45) is 5.41 Å². The number of hydrogen-bond donors (Lipinski definition) is 2. The predicted molar refractivity (Wildman–Crippen MR) is 63.8 cm³/mol. The fourth-order valence-corrected chi connectivity index (χ4v) is 2.08. The molecule has 18 heavy (non-hydrogen) atoms. The van der Waals surface area contributed by atoms with E-state index < -0.39 is 17.5 Å². The minimum absolute atomic E-state index is 0.482. The second-order valence-electron chi connectivity index (χ2n) is 4.48. The third-order valence-electron chi connectivity index (χ3n) is 3.46. The van der Waals surface area contributed by atoms with Gasteiger partial charge in [0, 0.05) is 0 Å². The topological polar surface area (TPSA) is 76.0 Å². The van der Waals surface area contributed by atoms with Crippen molar-refractivity contribution >= 4 is 5.97 Å². The zero-order valence-electron chi connectivity index (χ0n) is 10.3. The zero-order chi connectivity index (χ0) is 13.3. The molecule has 1 aromatic rings. The van der Waals surface area contributed by atoms with Crippen LogP contribution in [0.15, 0.2) is 18.2 Å². The van der Waals surface area contributed by atoms with Gasteiger partial charge in [0.2, 0.25) is 0 Å². The van der Waals surface area contributed by atoms with Crippen molar-refractivity contribution in [3.8, 4) is 11.5 Å². The van der Waals surface area contributed by atoms with Gasteiger partial charge in [-0.15, -0.1) is 0 Å². The van der Waals surface area contributed by atoms with Crippen LogP contribution in [0.25, 0.3) is 0 Å². The molecular formula is C13H16O5. The molecule has 1 atom stereocenters. The summed E-state index contributed by atoms with van der Waals surface area (Å²) in [6, 6.07) is 4.94. The number of benzene rings is 1. The molecule has 98 valence electrons. The minimum Gasteiger partial charge on any atom is -0.493 e. The van der Waals surface area contributed by atoms with Crippen LogP contribution >= 0.6 is 0 Å². The number of aliphatic hydroxyl groups excluding tert-OH is 1. The first-order chi connectivity index (χ1) is 8.55. The summed E-state index contributed by atoms with van der Waals surface area (Å²) < 4.78 is 10.2. The molecule has 1 unspecified atom stereocenters. The monoisotopic (exact) mass is 252 g/mol. The standard InChI is InChI=1S/C13H16O5/c1-17-9-4-3-8(7-10(9)18-2)11(14)13(5-6-13)12(15)16/h3-4,7,11,14H,5-6H2,1-2H3,(H,15,16). The summed E-state index contributed by atoms with van der Waals surface area (Å²) in [4.78, 5) is 11.2. The molecule has 0 spiro atoms. The van der Waals surface area contributed by atoms with Crippen LogP contribution < -0.4 is 9.47 Å². The van der Waals surface area contributed by atoms with E-state index in [9.17, 15) is 9.90 Å². The van der Waals surface area contributed by atoms with Gasteiger partial charge in [-0.05, 0) is 30.5 Å². The minimum atomic E-state index is -1.03. The van der Waals surface area contributed by atoms with E-state index >= 15 is 0 Å². The quantitative estimate of drug-likeness (QED) is 0.832. The van der Waals surface area contributed by atoms with Crippen LogP contribution in [-0.2, 0) is 4.79 Å². The zero-order valence-corrected chi connectivity index (χ0v) is 10.3. The maximum absolute atomic E-state index is 11.2. The number of aliphatic carboxylic acids is 1. The highest BCUT2D eigenvalue weighted by molar-refractivity contribution is 5.79. The summed E-state index contributed by atoms with van der Waals surface area (Å²) in [5.41, 5.74) is -0.493. The summed E-state index contributed by atoms with van der Waals surface area (Å²) in [6.07, 6.45) is -0.0230. The van der Waals surface area contributed by atoms with Crippen LogP contribution in [0.4, 0.5) is 0 Å². The lowest BCUT2D eigenvalue weighted by atomic mass is 9.92. The Morgan fingerprint density at radius 3 is 2.33 bits per heavy atom. The Balaban J connectivity index is 2.32. The van der Waals surface area contributed by atoms with E-state index in [0.29, 0.717) is 29.9 Å². The van der Waals surface area contributed by atoms with Crippen LogP contribution in [0, 0.1) is 5.41 Å². The van der Waals surface area contributed by atoms with Gasteiger partial charge in [-0.25, -0.2) is 0 Å². The van der Waals surface area contributed by atoms with Crippen LogP contribution in [-0.4, -0.2) is 30.4 Å². The molecule has 5 nitrogen and oxygen atoms in total. The molecular weight excluding hydrogens is 236 g/mol. The molecule has 2 rings (SSSR count). The van der Waals surface area contributed by atoms with Gasteiger partial charge in [-0.2, -0.15) is 0 Å². The lowest BCUT2D eigenvalue weighted by molar-refractivity contribution is -0.148. The van der Waals surface area contributed by atoms with Gasteiger partial charge in [0.1, 0.15) is 0 Å². The number of carboxylic acid groups (broad SMARTS) is 1. The number of carboxylic acids is 1. The number of carbonyl (C=O) groups is 1. The SMILES string of the molecule is COc1ccc(C(O)C2(C(=O)O)CC2)cc1OC. The van der Waals surface area contributed by atoms with E-state index in [2.05, 4.69) is 0 Å². The molecule has 1 saturated carbocycles. The van der Waals surface area contributed by atoms with Crippen molar-refractivity contribution in [2.75, 3.05) is 14.2 Å². The van der Waals surface area contributed by atoms with E-state index in [-0.39, 0.29) is 0 Å². The number of methoxy groups -OCH3 is 2. The largest absolute Gasteiger partial charge is 0.493 e. The Morgan fingerprint density at radius 2 is 1.89 bits per heavy atom. The van der Waals surface area contributed by atoms with Crippen LogP contribution in [0.1, 0.15) is 24.5 Å². The summed E-state index contributed by atoms with van der Waals surface area (Å²) in [5.74, 6) is 0.0774. The van der Waals surface area contributed by atoms with Crippen molar-refractivity contribution in [1.82, 2.24) is 0 Å². The Kier molecular flexibility index (Phi) is 3.17. The number of hydrogen-bond acceptors (Lipinski definition) is 4. The number of aliphatic hydroxyl groups is 1. The first kappa shape index (κ1) is 12.7. The molecule has 0 aromatic heterocycles. The lowest BCUT2D eigenvalue weighted by Gasteiger charge is -2.19. The summed E-state index contributed by atoms with van der Waals surface area (Å²) >= 11 is 0. The van der Waals surface area contributed by atoms with E-state index in [1.165, 1.54) is 14.2 Å². The van der Waals surface area contributed by atoms with Gasteiger partial charge >= 0.3 is 5.97 Å². The molecule has 2 N–H and O–H groups in total. The molecule has 0 amide bonds. The molecule has 0 radical (unpaired) electrons. The lowest BCUT2D eigenvalue weighted by Crippen LogP contribution is -2.23. The van der Waals surface area contributed by atoms with Gasteiger partial charge in [-0.1, -0.05) is 6.07 Å². The van der Waals surface area contributed by atoms with Crippen molar-refractivity contribution in [2.45, 2.75) is 18.9 Å². The summed E-state index contributed by atoms with van der Waals surface area (Å²) in [5, 5.41) is 19.3. The third kappa shape index (κ3) is 1.90. The highest BCUT2D eigenvalue weighted by Crippen LogP contribution is 2.55. The Morgan fingerprint density at radius 1 is 1.28 bits per heavy atom. The summed E-state index contributed by atoms with van der Waals surface area (Å²) in [6.45, 7) is 0. The van der Waals surface area contributed by atoms with Crippen molar-refractivity contribution in [3.05, 3.63) is 23.8 Å². The highest BCUT2D eigenvalue weighted by Gasteiger charge is 2.56. The smallest absolute Gasteiger partial charge is 0.312 e. The van der Waals surface area contributed by atoms with Crippen molar-refractivity contribution < 1.29 is 24.5 Å². The predicted octanol–water partition coefficient (Wildman–Crippen LogP) is 1.60. The number of ether oxygens (including phenoxy) is 2. The van der Waals surface area contributed by atoms with Gasteiger partial charge in [0.05, 0.1) is 25.7 Å². The van der Waals surface area contributed by atoms with Crippen LogP contribution in [0.5, 0.6) is 11.5 Å². The molecule has 0 saturated heterocycles. The first-order valence-electron chi connectivity index (χ1n) is 5.68. The fourth-order valence-electron chi connectivity index (χ4n) is 2.08. The van der Waals surface area contributed by atoms with Gasteiger partial charge in [0.25, 0.3) is 0 Å². The summed E-state index contributed by atoms with van der Waals surface area (Å²) in [7, 11) is 3.02. The van der Waals surface area contributed by atoms with Crippen molar-refractivity contribution in [1.29, 1.82) is 0 Å². The molecule has 1 aromatic carbocycles. The van der Waals surface area contributed by atoms with Crippen LogP contribution in [0.2, 0.25) is 0 Å². The molecule has 1 fully saturated rings. The van der Waals surface area contributed by atoms with E-state index in [0.717, 1.165) is 0 Å². The third-order valence-corrected chi connectivity index (χ3v) is 3.46. The Labute approximate surface area is 105 Å². The maximum Gasteiger partial charge on any atom is 0.312 e. The molecule has 0 aliphatic heterocycles. The second-order valence-corrected chi connectivity index (χ2v) is 4.48. The number of rotatable bonds is 5. The van der Waals surface area contributed by atoms with Crippen molar-refractivity contribution in [3.63, 3.8) is 0 Å². The molecule has 0 bridgehead atoms. The average Bonchev–Trinajstić information content (AvgIpc) is 3.18. The van der Waals surface area contributed by atoms with Gasteiger partial charge in [-0.3, -0.25) is 4.79 Å². The maximum atomic E-state index is 11.2. The highest BCUT2D eigenvalue weighted by atomic mass is 16.5. The van der Waals surface area contributed by atoms with Crippen LogP contribution in [0.3, 0.4) is 0 Å². The molecule has 0 heterocycles. The normalized spacial score (nSPS) is 17.9. The molecule has 1 aliphatic carbocycles. The van der Waals surface area contributed by atoms with E-state index in [1.807, 2.05) is 0 Å². The van der Waals surface area contributed by atoms with E-state index in [1.54, 1.807) is 18.2 Å². The molecule has 5 heteroatoms. The second kappa shape index (κ2) is 4.49. The van der Waals surface area contributed by atoms with Gasteiger partial charge < -0.3 is 19.7 Å². The fraction of sp³-hybridized carbons (Fsp3) is 0.462. The first-order valence-corrected chi connectivity index (χ1v) is 5.68. The Bertz CT molecular complexity index is 464.